The fourth-order valence-corrected chi connectivity index (χ4v) is 2.09. The lowest BCUT2D eigenvalue weighted by Crippen LogP contribution is -2.14. The number of fused-ring (bicyclic) bond motifs is 1. The molecule has 0 aliphatic carbocycles. The van der Waals surface area contributed by atoms with Crippen molar-refractivity contribution in [3.05, 3.63) is 58.0 Å². The Bertz CT molecular complexity index is 808. The zero-order chi connectivity index (χ0) is 14.7. The number of methoxy groups -OCH3 is 1. The average molecular weight is 285 g/mol. The molecule has 2 aromatic heterocycles. The zero-order valence-corrected chi connectivity index (χ0v) is 11.5. The maximum atomic E-state index is 11.5. The molecule has 0 amide bonds. The maximum Gasteiger partial charge on any atom is 0.364 e. The van der Waals surface area contributed by atoms with Gasteiger partial charge in [-0.1, -0.05) is 24.3 Å². The van der Waals surface area contributed by atoms with Crippen molar-refractivity contribution in [1.82, 2.24) is 19.8 Å². The summed E-state index contributed by atoms with van der Waals surface area (Å²) in [4.78, 5) is 11.5. The summed E-state index contributed by atoms with van der Waals surface area (Å²) in [5.41, 5.74) is 2.38. The van der Waals surface area contributed by atoms with Crippen molar-refractivity contribution in [2.45, 2.75) is 13.2 Å². The van der Waals surface area contributed by atoms with E-state index >= 15 is 0 Å². The van der Waals surface area contributed by atoms with Crippen LogP contribution in [0.3, 0.4) is 0 Å². The number of anilines is 1. The highest BCUT2D eigenvalue weighted by Gasteiger charge is 2.03. The Kier molecular flexibility index (Phi) is 3.65. The molecule has 0 bridgehead atoms. The fraction of sp³-hybridized carbons (Fsp3) is 0.214. The third kappa shape index (κ3) is 2.92. The predicted molar refractivity (Wildman–Crippen MR) is 78.1 cm³/mol. The summed E-state index contributed by atoms with van der Waals surface area (Å²) in [5.74, 6) is 0.614. The minimum Gasteiger partial charge on any atom is -0.380 e. The van der Waals surface area contributed by atoms with Gasteiger partial charge < -0.3 is 10.1 Å². The molecule has 1 aromatic carbocycles. The standard InChI is InChI=1S/C14H15N5O2/c1-21-9-11-4-2-3-10(7-11)8-15-12-5-6-13-16-17-14(20)19(13)18-12/h2-7H,8-9H2,1H3,(H,15,18)(H,17,20). The molecule has 0 saturated carbocycles. The van der Waals surface area contributed by atoms with E-state index in [1.807, 2.05) is 18.2 Å². The molecule has 0 aliphatic heterocycles. The Morgan fingerprint density at radius 1 is 1.29 bits per heavy atom. The molecule has 0 radical (unpaired) electrons. The molecule has 7 nitrogen and oxygen atoms in total. The van der Waals surface area contributed by atoms with E-state index in [2.05, 4.69) is 26.7 Å². The molecule has 2 N–H and O–H groups in total. The number of benzene rings is 1. The second kappa shape index (κ2) is 5.76. The minimum atomic E-state index is -0.351. The second-order valence-corrected chi connectivity index (χ2v) is 4.62. The first-order valence-corrected chi connectivity index (χ1v) is 6.51. The van der Waals surface area contributed by atoms with Crippen LogP contribution in [-0.4, -0.2) is 26.9 Å². The van der Waals surface area contributed by atoms with Gasteiger partial charge in [0.1, 0.15) is 5.82 Å². The molecule has 0 fully saturated rings. The molecular weight excluding hydrogens is 270 g/mol. The number of ether oxygens (including phenoxy) is 1. The minimum absolute atomic E-state index is 0.351. The van der Waals surface area contributed by atoms with Gasteiger partial charge in [0.15, 0.2) is 5.65 Å². The molecule has 7 heteroatoms. The number of nitrogens with zero attached hydrogens (tertiary/aromatic N) is 3. The third-order valence-electron chi connectivity index (χ3n) is 3.05. The van der Waals surface area contributed by atoms with E-state index in [0.29, 0.717) is 24.6 Å². The average Bonchev–Trinajstić information content (AvgIpc) is 2.87. The zero-order valence-electron chi connectivity index (χ0n) is 11.5. The van der Waals surface area contributed by atoms with Crippen LogP contribution in [0.5, 0.6) is 0 Å². The van der Waals surface area contributed by atoms with Crippen LogP contribution in [0.15, 0.2) is 41.2 Å². The monoisotopic (exact) mass is 285 g/mol. The number of hydrogen-bond acceptors (Lipinski definition) is 5. The maximum absolute atomic E-state index is 11.5. The van der Waals surface area contributed by atoms with Crippen molar-refractivity contribution in [2.24, 2.45) is 0 Å². The van der Waals surface area contributed by atoms with Gasteiger partial charge in [0.2, 0.25) is 0 Å². The summed E-state index contributed by atoms with van der Waals surface area (Å²) in [5, 5.41) is 13.6. The van der Waals surface area contributed by atoms with Crippen molar-refractivity contribution in [3.8, 4) is 0 Å². The van der Waals surface area contributed by atoms with Gasteiger partial charge in [-0.3, -0.25) is 0 Å². The highest BCUT2D eigenvalue weighted by molar-refractivity contribution is 5.43. The van der Waals surface area contributed by atoms with Crippen LogP contribution in [-0.2, 0) is 17.9 Å². The topological polar surface area (TPSA) is 84.3 Å². The van der Waals surface area contributed by atoms with E-state index in [9.17, 15) is 4.79 Å². The van der Waals surface area contributed by atoms with Crippen LogP contribution in [0.2, 0.25) is 0 Å². The molecule has 0 spiro atoms. The molecule has 21 heavy (non-hydrogen) atoms. The van der Waals surface area contributed by atoms with Gasteiger partial charge in [0.25, 0.3) is 0 Å². The highest BCUT2D eigenvalue weighted by Crippen LogP contribution is 2.09. The molecule has 0 aliphatic rings. The van der Waals surface area contributed by atoms with Gasteiger partial charge in [0.05, 0.1) is 6.61 Å². The Morgan fingerprint density at radius 2 is 2.14 bits per heavy atom. The number of H-pyrrole nitrogens is 1. The van der Waals surface area contributed by atoms with Crippen LogP contribution in [0.1, 0.15) is 11.1 Å². The van der Waals surface area contributed by atoms with E-state index in [-0.39, 0.29) is 5.69 Å². The first-order chi connectivity index (χ1) is 10.3. The van der Waals surface area contributed by atoms with E-state index in [0.717, 1.165) is 11.1 Å². The fourth-order valence-electron chi connectivity index (χ4n) is 2.09. The molecule has 108 valence electrons. The van der Waals surface area contributed by atoms with Gasteiger partial charge >= 0.3 is 5.69 Å². The first-order valence-electron chi connectivity index (χ1n) is 6.51. The normalized spacial score (nSPS) is 10.9. The summed E-state index contributed by atoms with van der Waals surface area (Å²) in [7, 11) is 1.67. The highest BCUT2D eigenvalue weighted by atomic mass is 16.5. The summed E-state index contributed by atoms with van der Waals surface area (Å²) in [6.07, 6.45) is 0. The largest absolute Gasteiger partial charge is 0.380 e. The lowest BCUT2D eigenvalue weighted by Gasteiger charge is -2.07. The van der Waals surface area contributed by atoms with Crippen LogP contribution in [0.25, 0.3) is 5.65 Å². The Labute approximate surface area is 120 Å². The van der Waals surface area contributed by atoms with Gasteiger partial charge in [0, 0.05) is 13.7 Å². The SMILES string of the molecule is COCc1cccc(CNc2ccc3n[nH]c(=O)n3n2)c1. The van der Waals surface area contributed by atoms with Gasteiger partial charge in [-0.25, -0.2) is 9.89 Å². The number of rotatable bonds is 5. The Hall–Kier alpha value is -2.67. The number of hydrogen-bond donors (Lipinski definition) is 2. The lowest BCUT2D eigenvalue weighted by atomic mass is 10.1. The Morgan fingerprint density at radius 3 is 3.00 bits per heavy atom. The van der Waals surface area contributed by atoms with Crippen molar-refractivity contribution in [3.63, 3.8) is 0 Å². The van der Waals surface area contributed by atoms with Crippen molar-refractivity contribution in [2.75, 3.05) is 12.4 Å². The van der Waals surface area contributed by atoms with Crippen molar-refractivity contribution >= 4 is 11.5 Å². The summed E-state index contributed by atoms with van der Waals surface area (Å²) < 4.78 is 6.34. The van der Waals surface area contributed by atoms with Gasteiger partial charge in [-0.15, -0.1) is 5.10 Å². The molecule has 0 atom stereocenters. The number of aromatic nitrogens is 4. The van der Waals surface area contributed by atoms with E-state index in [1.165, 1.54) is 4.52 Å². The summed E-state index contributed by atoms with van der Waals surface area (Å²) in [6, 6.07) is 11.6. The van der Waals surface area contributed by atoms with E-state index in [4.69, 9.17) is 4.74 Å². The second-order valence-electron chi connectivity index (χ2n) is 4.62. The molecule has 2 heterocycles. The van der Waals surface area contributed by atoms with Crippen LogP contribution in [0.4, 0.5) is 5.82 Å². The molecule has 0 unspecified atom stereocenters. The summed E-state index contributed by atoms with van der Waals surface area (Å²) in [6.45, 7) is 1.20. The smallest absolute Gasteiger partial charge is 0.364 e. The summed E-state index contributed by atoms with van der Waals surface area (Å²) >= 11 is 0. The number of nitrogens with one attached hydrogen (secondary N) is 2. The van der Waals surface area contributed by atoms with Crippen molar-refractivity contribution < 1.29 is 4.74 Å². The predicted octanol–water partition coefficient (Wildman–Crippen LogP) is 1.18. The van der Waals surface area contributed by atoms with E-state index < -0.39 is 0 Å². The molecule has 0 saturated heterocycles. The molecule has 3 aromatic rings. The van der Waals surface area contributed by atoms with Crippen LogP contribution < -0.4 is 11.0 Å². The van der Waals surface area contributed by atoms with Crippen LogP contribution >= 0.6 is 0 Å². The number of aromatic amines is 1. The molecule has 3 rings (SSSR count). The lowest BCUT2D eigenvalue weighted by molar-refractivity contribution is 0.185. The van der Waals surface area contributed by atoms with Crippen LogP contribution in [0, 0.1) is 0 Å². The van der Waals surface area contributed by atoms with Gasteiger partial charge in [-0.2, -0.15) is 9.61 Å². The first kappa shape index (κ1) is 13.3. The quantitative estimate of drug-likeness (QED) is 0.735. The van der Waals surface area contributed by atoms with Crippen molar-refractivity contribution in [1.29, 1.82) is 0 Å². The Balaban J connectivity index is 1.75. The van der Waals surface area contributed by atoms with Gasteiger partial charge in [-0.05, 0) is 23.3 Å². The molecular formula is C14H15N5O2. The third-order valence-corrected chi connectivity index (χ3v) is 3.05. The van der Waals surface area contributed by atoms with E-state index in [1.54, 1.807) is 19.2 Å².